The highest BCUT2D eigenvalue weighted by Gasteiger charge is 2.15. The average Bonchev–Trinajstić information content (AvgIpc) is 2.78. The summed E-state index contributed by atoms with van der Waals surface area (Å²) in [4.78, 5) is 14.8. The zero-order chi connectivity index (χ0) is 19.9. The van der Waals surface area contributed by atoms with E-state index >= 15 is 0 Å². The molecule has 0 aliphatic carbocycles. The molecule has 29 heavy (non-hydrogen) atoms. The minimum Gasteiger partial charge on any atom is -0.492 e. The number of rotatable bonds is 7. The lowest BCUT2D eigenvalue weighted by Crippen LogP contribution is -2.30. The van der Waals surface area contributed by atoms with E-state index in [9.17, 15) is 4.79 Å². The van der Waals surface area contributed by atoms with Crippen molar-refractivity contribution in [3.05, 3.63) is 101 Å². The summed E-state index contributed by atoms with van der Waals surface area (Å²) in [5.41, 5.74) is 4.80. The van der Waals surface area contributed by atoms with Gasteiger partial charge in [-0.25, -0.2) is 0 Å². The molecule has 0 atom stereocenters. The molecule has 4 rings (SSSR count). The van der Waals surface area contributed by atoms with Crippen molar-refractivity contribution in [3.63, 3.8) is 0 Å². The van der Waals surface area contributed by atoms with Crippen LogP contribution in [0, 0.1) is 0 Å². The van der Waals surface area contributed by atoms with Crippen molar-refractivity contribution < 1.29 is 9.53 Å². The van der Waals surface area contributed by atoms with Gasteiger partial charge in [0.1, 0.15) is 12.4 Å². The number of nitrogens with one attached hydrogen (secondary N) is 1. The number of amides is 1. The van der Waals surface area contributed by atoms with Crippen LogP contribution in [0.4, 0.5) is 0 Å². The minimum absolute atomic E-state index is 0.0693. The van der Waals surface area contributed by atoms with E-state index in [4.69, 9.17) is 4.74 Å². The Balaban J connectivity index is 1.24. The summed E-state index contributed by atoms with van der Waals surface area (Å²) in [6.07, 6.45) is 1.10. The number of para-hydroxylation sites is 1. The van der Waals surface area contributed by atoms with Crippen LogP contribution in [0.2, 0.25) is 0 Å². The van der Waals surface area contributed by atoms with E-state index < -0.39 is 0 Å². The molecule has 1 aliphatic heterocycles. The van der Waals surface area contributed by atoms with Crippen molar-refractivity contribution in [2.75, 3.05) is 19.7 Å². The van der Waals surface area contributed by atoms with Gasteiger partial charge >= 0.3 is 0 Å². The van der Waals surface area contributed by atoms with Crippen molar-refractivity contribution in [3.8, 4) is 5.75 Å². The average molecular weight is 386 g/mol. The van der Waals surface area contributed by atoms with Gasteiger partial charge in [-0.15, -0.1) is 0 Å². The SMILES string of the molecule is O=C(NCCOc1ccccc1)c1ccc(CN2CCc3ccccc3C2)cc1. The van der Waals surface area contributed by atoms with E-state index in [0.717, 1.165) is 31.8 Å². The van der Waals surface area contributed by atoms with Crippen molar-refractivity contribution in [1.29, 1.82) is 0 Å². The van der Waals surface area contributed by atoms with Crippen LogP contribution in [0.25, 0.3) is 0 Å². The van der Waals surface area contributed by atoms with Crippen LogP contribution < -0.4 is 10.1 Å². The second kappa shape index (κ2) is 9.39. The van der Waals surface area contributed by atoms with Crippen LogP contribution in [0.15, 0.2) is 78.9 Å². The first kappa shape index (κ1) is 19.2. The van der Waals surface area contributed by atoms with Crippen LogP contribution in [-0.4, -0.2) is 30.5 Å². The van der Waals surface area contributed by atoms with E-state index in [2.05, 4.69) is 46.6 Å². The monoisotopic (exact) mass is 386 g/mol. The molecule has 3 aromatic rings. The number of hydrogen-bond acceptors (Lipinski definition) is 3. The molecule has 0 unspecified atom stereocenters. The molecule has 0 radical (unpaired) electrons. The number of nitrogens with zero attached hydrogens (tertiary/aromatic N) is 1. The number of ether oxygens (including phenoxy) is 1. The molecule has 0 fully saturated rings. The molecule has 0 saturated heterocycles. The molecular weight excluding hydrogens is 360 g/mol. The normalized spacial score (nSPS) is 13.5. The lowest BCUT2D eigenvalue weighted by atomic mass is 9.99. The molecule has 1 heterocycles. The number of carbonyl (C=O) groups is 1. The van der Waals surface area contributed by atoms with Gasteiger partial charge in [-0.05, 0) is 47.4 Å². The maximum Gasteiger partial charge on any atom is 0.251 e. The highest BCUT2D eigenvalue weighted by Crippen LogP contribution is 2.20. The highest BCUT2D eigenvalue weighted by molar-refractivity contribution is 5.94. The van der Waals surface area contributed by atoms with E-state index in [-0.39, 0.29) is 5.91 Å². The van der Waals surface area contributed by atoms with Gasteiger partial charge < -0.3 is 10.1 Å². The highest BCUT2D eigenvalue weighted by atomic mass is 16.5. The van der Waals surface area contributed by atoms with E-state index in [1.54, 1.807) is 0 Å². The second-order valence-electron chi connectivity index (χ2n) is 7.34. The van der Waals surface area contributed by atoms with Crippen LogP contribution in [0.1, 0.15) is 27.0 Å². The first-order chi connectivity index (χ1) is 14.3. The predicted molar refractivity (Wildman–Crippen MR) is 115 cm³/mol. The van der Waals surface area contributed by atoms with Crippen LogP contribution in [0.3, 0.4) is 0 Å². The maximum absolute atomic E-state index is 12.3. The molecule has 4 heteroatoms. The summed E-state index contributed by atoms with van der Waals surface area (Å²) in [5.74, 6) is 0.742. The van der Waals surface area contributed by atoms with Crippen LogP contribution in [-0.2, 0) is 19.5 Å². The van der Waals surface area contributed by atoms with Gasteiger partial charge in [0, 0.05) is 25.2 Å². The Bertz CT molecular complexity index is 939. The summed E-state index contributed by atoms with van der Waals surface area (Å²) in [7, 11) is 0. The Morgan fingerprint density at radius 2 is 1.62 bits per heavy atom. The fourth-order valence-corrected chi connectivity index (χ4v) is 3.66. The zero-order valence-electron chi connectivity index (χ0n) is 16.5. The van der Waals surface area contributed by atoms with E-state index in [1.807, 2.05) is 42.5 Å². The summed E-state index contributed by atoms with van der Waals surface area (Å²) in [6, 6.07) is 26.2. The predicted octanol–water partition coefficient (Wildman–Crippen LogP) is 4.05. The number of benzene rings is 3. The molecule has 0 saturated carbocycles. The molecule has 1 N–H and O–H groups in total. The van der Waals surface area contributed by atoms with Gasteiger partial charge in [0.2, 0.25) is 0 Å². The molecular formula is C25H26N2O2. The zero-order valence-corrected chi connectivity index (χ0v) is 16.5. The molecule has 0 aromatic heterocycles. The smallest absolute Gasteiger partial charge is 0.251 e. The Morgan fingerprint density at radius 3 is 2.41 bits per heavy atom. The lowest BCUT2D eigenvalue weighted by molar-refractivity contribution is 0.0947. The molecule has 0 bridgehead atoms. The third-order valence-corrected chi connectivity index (χ3v) is 5.23. The molecule has 1 aliphatic rings. The first-order valence-electron chi connectivity index (χ1n) is 10.1. The molecule has 1 amide bonds. The van der Waals surface area contributed by atoms with Crippen LogP contribution in [0.5, 0.6) is 5.75 Å². The molecule has 3 aromatic carbocycles. The van der Waals surface area contributed by atoms with Crippen molar-refractivity contribution in [2.45, 2.75) is 19.5 Å². The Hall–Kier alpha value is -3.11. The van der Waals surface area contributed by atoms with Crippen molar-refractivity contribution in [1.82, 2.24) is 10.2 Å². The number of carbonyl (C=O) groups excluding carboxylic acids is 1. The molecule has 148 valence electrons. The summed E-state index contributed by atoms with van der Waals surface area (Å²) >= 11 is 0. The lowest BCUT2D eigenvalue weighted by Gasteiger charge is -2.28. The molecule has 4 nitrogen and oxygen atoms in total. The van der Waals surface area contributed by atoms with Gasteiger partial charge in [0.05, 0.1) is 6.54 Å². The van der Waals surface area contributed by atoms with E-state index in [0.29, 0.717) is 18.7 Å². The third kappa shape index (κ3) is 5.24. The fraction of sp³-hybridized carbons (Fsp3) is 0.240. The van der Waals surface area contributed by atoms with Gasteiger partial charge in [0.25, 0.3) is 5.91 Å². The topological polar surface area (TPSA) is 41.6 Å². The molecule has 0 spiro atoms. The Kier molecular flexibility index (Phi) is 6.22. The summed E-state index contributed by atoms with van der Waals surface area (Å²) in [5, 5.41) is 2.91. The van der Waals surface area contributed by atoms with Crippen molar-refractivity contribution >= 4 is 5.91 Å². The van der Waals surface area contributed by atoms with Gasteiger partial charge in [-0.1, -0.05) is 54.6 Å². The quantitative estimate of drug-likeness (QED) is 0.623. The van der Waals surface area contributed by atoms with Crippen LogP contribution >= 0.6 is 0 Å². The van der Waals surface area contributed by atoms with E-state index in [1.165, 1.54) is 16.7 Å². The first-order valence-corrected chi connectivity index (χ1v) is 10.1. The van der Waals surface area contributed by atoms with Crippen molar-refractivity contribution in [2.24, 2.45) is 0 Å². The third-order valence-electron chi connectivity index (χ3n) is 5.23. The van der Waals surface area contributed by atoms with Gasteiger partial charge in [0.15, 0.2) is 0 Å². The second-order valence-corrected chi connectivity index (χ2v) is 7.34. The summed E-state index contributed by atoms with van der Waals surface area (Å²) in [6.45, 7) is 3.88. The number of hydrogen-bond donors (Lipinski definition) is 1. The maximum atomic E-state index is 12.3. The largest absolute Gasteiger partial charge is 0.492 e. The fourth-order valence-electron chi connectivity index (χ4n) is 3.66. The minimum atomic E-state index is -0.0693. The Labute approximate surface area is 172 Å². The van der Waals surface area contributed by atoms with Gasteiger partial charge in [-0.3, -0.25) is 9.69 Å². The summed E-state index contributed by atoms with van der Waals surface area (Å²) < 4.78 is 5.60. The standard InChI is InChI=1S/C25H26N2O2/c28-25(26-15-17-29-24-8-2-1-3-9-24)22-12-10-20(11-13-22)18-27-16-14-21-6-4-5-7-23(21)19-27/h1-13H,14-19H2,(H,26,28). The number of fused-ring (bicyclic) bond motifs is 1. The van der Waals surface area contributed by atoms with Gasteiger partial charge in [-0.2, -0.15) is 0 Å². The Morgan fingerprint density at radius 1 is 0.897 bits per heavy atom.